The summed E-state index contributed by atoms with van der Waals surface area (Å²) in [5.74, 6) is 0.950. The monoisotopic (exact) mass is 295 g/mol. The van der Waals surface area contributed by atoms with Crippen LogP contribution < -0.4 is 14.8 Å². The Labute approximate surface area is 126 Å². The number of methoxy groups -OCH3 is 2. The summed E-state index contributed by atoms with van der Waals surface area (Å²) in [5.41, 5.74) is 0.790. The van der Waals surface area contributed by atoms with Crippen molar-refractivity contribution in [1.29, 1.82) is 0 Å². The lowest BCUT2D eigenvalue weighted by atomic mass is 9.99. The molecule has 1 aromatic rings. The molecule has 1 saturated heterocycles. The minimum Gasteiger partial charge on any atom is -0.480 e. The molecule has 1 fully saturated rings. The van der Waals surface area contributed by atoms with E-state index >= 15 is 0 Å². The fourth-order valence-electron chi connectivity index (χ4n) is 2.56. The zero-order chi connectivity index (χ0) is 15.1. The van der Waals surface area contributed by atoms with Gasteiger partial charge in [-0.25, -0.2) is 4.98 Å². The van der Waals surface area contributed by atoms with Crippen molar-refractivity contribution in [3.8, 4) is 11.8 Å². The van der Waals surface area contributed by atoms with Crippen LogP contribution in [-0.2, 0) is 4.74 Å². The molecule has 0 bridgehead atoms. The van der Waals surface area contributed by atoms with Crippen molar-refractivity contribution in [2.75, 3.05) is 27.4 Å². The fourth-order valence-corrected chi connectivity index (χ4v) is 2.56. The molecular weight excluding hydrogens is 270 g/mol. The predicted octanol–water partition coefficient (Wildman–Crippen LogP) is 2.10. The van der Waals surface area contributed by atoms with Crippen LogP contribution in [-0.4, -0.2) is 43.4 Å². The Morgan fingerprint density at radius 2 is 2.24 bits per heavy atom. The maximum Gasteiger partial charge on any atom is 0.240 e. The third kappa shape index (κ3) is 4.04. The van der Waals surface area contributed by atoms with E-state index in [-0.39, 0.29) is 12.1 Å². The van der Waals surface area contributed by atoms with E-state index in [0.717, 1.165) is 38.1 Å². The number of ether oxygens (including phenoxy) is 3. The van der Waals surface area contributed by atoms with E-state index in [1.165, 1.54) is 6.42 Å². The van der Waals surface area contributed by atoms with Crippen molar-refractivity contribution in [3.05, 3.63) is 11.9 Å². The quantitative estimate of drug-likeness (QED) is 0.831. The van der Waals surface area contributed by atoms with Crippen molar-refractivity contribution < 1.29 is 14.2 Å². The van der Waals surface area contributed by atoms with Gasteiger partial charge in [-0.15, -0.1) is 0 Å². The minimum absolute atomic E-state index is 0.00129. The summed E-state index contributed by atoms with van der Waals surface area (Å²) in [7, 11) is 3.17. The summed E-state index contributed by atoms with van der Waals surface area (Å²) in [6.45, 7) is 3.85. The molecule has 0 aromatic carbocycles. The second-order valence-electron chi connectivity index (χ2n) is 5.14. The van der Waals surface area contributed by atoms with E-state index in [1.807, 2.05) is 0 Å². The van der Waals surface area contributed by atoms with Gasteiger partial charge in [0.05, 0.1) is 32.6 Å². The zero-order valence-electron chi connectivity index (χ0n) is 13.1. The molecule has 6 heteroatoms. The maximum atomic E-state index is 5.93. The molecule has 21 heavy (non-hydrogen) atoms. The van der Waals surface area contributed by atoms with Crippen molar-refractivity contribution in [3.63, 3.8) is 0 Å². The first kappa shape index (κ1) is 16.0. The van der Waals surface area contributed by atoms with Crippen LogP contribution in [0.4, 0.5) is 0 Å². The smallest absolute Gasteiger partial charge is 0.240 e. The molecule has 1 aliphatic rings. The Kier molecular flexibility index (Phi) is 6.20. The van der Waals surface area contributed by atoms with Crippen LogP contribution in [0.1, 0.15) is 44.3 Å². The van der Waals surface area contributed by atoms with Crippen LogP contribution in [0.3, 0.4) is 0 Å². The normalized spacial score (nSPS) is 20.0. The Morgan fingerprint density at radius 1 is 1.38 bits per heavy atom. The predicted molar refractivity (Wildman–Crippen MR) is 79.8 cm³/mol. The first-order valence-electron chi connectivity index (χ1n) is 7.60. The number of nitrogens with one attached hydrogen (secondary N) is 1. The summed E-state index contributed by atoms with van der Waals surface area (Å²) in [4.78, 5) is 8.82. The van der Waals surface area contributed by atoms with Gasteiger partial charge in [0, 0.05) is 6.61 Å². The summed E-state index contributed by atoms with van der Waals surface area (Å²) in [5, 5.41) is 3.52. The van der Waals surface area contributed by atoms with E-state index in [2.05, 4.69) is 22.2 Å². The third-order valence-corrected chi connectivity index (χ3v) is 3.64. The molecule has 1 aromatic heterocycles. The topological polar surface area (TPSA) is 65.5 Å². The molecule has 1 aliphatic heterocycles. The summed E-state index contributed by atoms with van der Waals surface area (Å²) in [6, 6.07) is -0.00129. The molecule has 2 atom stereocenters. The summed E-state index contributed by atoms with van der Waals surface area (Å²) in [6.07, 6.45) is 6.12. The van der Waals surface area contributed by atoms with Gasteiger partial charge in [0.1, 0.15) is 5.69 Å². The second kappa shape index (κ2) is 8.14. The molecule has 2 heterocycles. The van der Waals surface area contributed by atoms with Gasteiger partial charge in [-0.1, -0.05) is 6.92 Å². The highest BCUT2D eigenvalue weighted by atomic mass is 16.5. The molecule has 0 saturated carbocycles. The highest BCUT2D eigenvalue weighted by molar-refractivity contribution is 5.26. The number of aromatic nitrogens is 2. The van der Waals surface area contributed by atoms with Gasteiger partial charge in [-0.3, -0.25) is 0 Å². The van der Waals surface area contributed by atoms with Gasteiger partial charge in [-0.05, 0) is 32.2 Å². The van der Waals surface area contributed by atoms with Crippen LogP contribution in [0.25, 0.3) is 0 Å². The molecule has 0 spiro atoms. The molecule has 2 unspecified atom stereocenters. The Morgan fingerprint density at radius 3 is 2.86 bits per heavy atom. The number of nitrogens with zero attached hydrogens (tertiary/aromatic N) is 2. The number of hydrogen-bond acceptors (Lipinski definition) is 6. The van der Waals surface area contributed by atoms with Gasteiger partial charge in [0.2, 0.25) is 11.8 Å². The maximum absolute atomic E-state index is 5.93. The van der Waals surface area contributed by atoms with Gasteiger partial charge in [0.15, 0.2) is 0 Å². The first-order chi connectivity index (χ1) is 10.3. The van der Waals surface area contributed by atoms with Crippen LogP contribution >= 0.6 is 0 Å². The van der Waals surface area contributed by atoms with Crippen molar-refractivity contribution in [2.24, 2.45) is 0 Å². The van der Waals surface area contributed by atoms with Crippen LogP contribution in [0.2, 0.25) is 0 Å². The average molecular weight is 295 g/mol. The van der Waals surface area contributed by atoms with Gasteiger partial charge in [0.25, 0.3) is 0 Å². The van der Waals surface area contributed by atoms with E-state index in [4.69, 9.17) is 14.2 Å². The summed E-state index contributed by atoms with van der Waals surface area (Å²) >= 11 is 0. The zero-order valence-corrected chi connectivity index (χ0v) is 13.1. The standard InChI is InChI=1S/C15H25N3O3/c1-4-8-16-13(11-7-5-6-9-21-11)14-15(20-3)18-12(19-2)10-17-14/h10-11,13,16H,4-9H2,1-3H3. The Balaban J connectivity index is 2.25. The molecule has 118 valence electrons. The van der Waals surface area contributed by atoms with Crippen LogP contribution in [0.15, 0.2) is 6.20 Å². The SMILES string of the molecule is CCCNC(c1ncc(OC)nc1OC)C1CCCCO1. The Bertz CT molecular complexity index is 436. The van der Waals surface area contributed by atoms with Crippen molar-refractivity contribution >= 4 is 0 Å². The van der Waals surface area contributed by atoms with Crippen molar-refractivity contribution in [1.82, 2.24) is 15.3 Å². The lowest BCUT2D eigenvalue weighted by Crippen LogP contribution is -2.37. The number of rotatable bonds is 7. The van der Waals surface area contributed by atoms with E-state index in [0.29, 0.717) is 11.8 Å². The largest absolute Gasteiger partial charge is 0.480 e. The summed E-state index contributed by atoms with van der Waals surface area (Å²) < 4.78 is 16.4. The van der Waals surface area contributed by atoms with E-state index in [1.54, 1.807) is 20.4 Å². The lowest BCUT2D eigenvalue weighted by molar-refractivity contribution is -0.00968. The van der Waals surface area contributed by atoms with Crippen LogP contribution in [0.5, 0.6) is 11.8 Å². The fraction of sp³-hybridized carbons (Fsp3) is 0.733. The van der Waals surface area contributed by atoms with Gasteiger partial charge in [-0.2, -0.15) is 4.98 Å². The van der Waals surface area contributed by atoms with Crippen molar-refractivity contribution in [2.45, 2.75) is 44.8 Å². The number of hydrogen-bond donors (Lipinski definition) is 1. The van der Waals surface area contributed by atoms with Gasteiger partial charge >= 0.3 is 0 Å². The minimum atomic E-state index is -0.00129. The van der Waals surface area contributed by atoms with Crippen LogP contribution in [0, 0.1) is 0 Å². The molecule has 0 amide bonds. The molecule has 1 N–H and O–H groups in total. The third-order valence-electron chi connectivity index (χ3n) is 3.64. The molecular formula is C15H25N3O3. The van der Waals surface area contributed by atoms with E-state index < -0.39 is 0 Å². The molecule has 6 nitrogen and oxygen atoms in total. The van der Waals surface area contributed by atoms with E-state index in [9.17, 15) is 0 Å². The van der Waals surface area contributed by atoms with Gasteiger partial charge < -0.3 is 19.5 Å². The molecule has 0 aliphatic carbocycles. The molecule has 0 radical (unpaired) electrons. The molecule has 2 rings (SSSR count). The highest BCUT2D eigenvalue weighted by Crippen LogP contribution is 2.30. The second-order valence-corrected chi connectivity index (χ2v) is 5.14. The Hall–Kier alpha value is -1.40. The lowest BCUT2D eigenvalue weighted by Gasteiger charge is -2.31. The highest BCUT2D eigenvalue weighted by Gasteiger charge is 2.30. The average Bonchev–Trinajstić information content (AvgIpc) is 2.56. The first-order valence-corrected chi connectivity index (χ1v) is 7.60.